The van der Waals surface area contributed by atoms with Crippen molar-refractivity contribution in [2.24, 2.45) is 0 Å². The number of hydrogen-bond donors (Lipinski definition) is 1. The maximum Gasteiger partial charge on any atom is 0.355 e. The van der Waals surface area contributed by atoms with Crippen molar-refractivity contribution in [1.29, 1.82) is 0 Å². The van der Waals surface area contributed by atoms with Crippen LogP contribution >= 0.6 is 11.6 Å². The fourth-order valence-corrected chi connectivity index (χ4v) is 3.47. The Labute approximate surface area is 171 Å². The fourth-order valence-electron chi connectivity index (χ4n) is 3.23. The number of Topliss-reactive ketones (excluding diaryl/α,β-unsaturated/α-hetero) is 1. The second kappa shape index (κ2) is 7.48. The van der Waals surface area contributed by atoms with Gasteiger partial charge in [0.05, 0.1) is 12.7 Å². The molecule has 0 saturated heterocycles. The maximum absolute atomic E-state index is 13.5. The number of anilines is 1. The lowest BCUT2D eigenvalue weighted by Gasteiger charge is -2.28. The highest BCUT2D eigenvalue weighted by Crippen LogP contribution is 2.39. The van der Waals surface area contributed by atoms with E-state index in [4.69, 9.17) is 16.3 Å². The highest BCUT2D eigenvalue weighted by atomic mass is 35.5. The molecule has 1 aliphatic rings. The summed E-state index contributed by atoms with van der Waals surface area (Å²) < 4.78 is 6.33. The number of nitrogens with zero attached hydrogens (tertiary/aromatic N) is 4. The van der Waals surface area contributed by atoms with E-state index in [2.05, 4.69) is 20.8 Å². The number of fused-ring (bicyclic) bond motifs is 1. The first-order valence-corrected chi connectivity index (χ1v) is 9.12. The molecule has 1 aromatic heterocycles. The average molecular weight is 410 g/mol. The number of tetrazole rings is 1. The number of carbonyl (C=O) groups excluding carboxylic acids is 2. The van der Waals surface area contributed by atoms with Gasteiger partial charge in [-0.3, -0.25) is 4.79 Å². The van der Waals surface area contributed by atoms with Crippen LogP contribution in [0.5, 0.6) is 0 Å². The van der Waals surface area contributed by atoms with Gasteiger partial charge in [0.25, 0.3) is 0 Å². The van der Waals surface area contributed by atoms with Gasteiger partial charge < -0.3 is 10.1 Å². The Balaban J connectivity index is 1.97. The number of benzene rings is 2. The molecule has 0 unspecified atom stereocenters. The lowest BCUT2D eigenvalue weighted by Crippen LogP contribution is -2.33. The Bertz CT molecular complexity index is 1140. The van der Waals surface area contributed by atoms with Gasteiger partial charge in [0.2, 0.25) is 5.95 Å². The molecule has 0 spiro atoms. The largest absolute Gasteiger partial charge is 0.464 e. The molecule has 0 saturated carbocycles. The summed E-state index contributed by atoms with van der Waals surface area (Å²) in [6.07, 6.45) is 0. The highest BCUT2D eigenvalue weighted by Gasteiger charge is 2.39. The number of carbonyl (C=O) groups is 2. The van der Waals surface area contributed by atoms with Crippen molar-refractivity contribution in [3.8, 4) is 0 Å². The minimum atomic E-state index is -0.808. The van der Waals surface area contributed by atoms with E-state index >= 15 is 0 Å². The molecular formula is C20H16ClN5O3. The number of methoxy groups -OCH3 is 1. The Hall–Kier alpha value is -3.52. The summed E-state index contributed by atoms with van der Waals surface area (Å²) in [5, 5.41) is 14.8. The van der Waals surface area contributed by atoms with E-state index < -0.39 is 12.0 Å². The molecule has 1 N–H and O–H groups in total. The molecule has 0 fully saturated rings. The van der Waals surface area contributed by atoms with Gasteiger partial charge in [0.1, 0.15) is 11.7 Å². The molecule has 1 aliphatic heterocycles. The van der Waals surface area contributed by atoms with Crippen molar-refractivity contribution < 1.29 is 14.3 Å². The van der Waals surface area contributed by atoms with Crippen LogP contribution in [-0.2, 0) is 9.53 Å². The van der Waals surface area contributed by atoms with Crippen molar-refractivity contribution in [3.05, 3.63) is 81.5 Å². The second-order valence-corrected chi connectivity index (χ2v) is 6.88. The monoisotopic (exact) mass is 409 g/mol. The Morgan fingerprint density at radius 1 is 1.14 bits per heavy atom. The number of hydrogen-bond acceptors (Lipinski definition) is 7. The van der Waals surface area contributed by atoms with Crippen LogP contribution in [0.1, 0.15) is 27.5 Å². The van der Waals surface area contributed by atoms with Crippen molar-refractivity contribution in [3.63, 3.8) is 0 Å². The Morgan fingerprint density at radius 2 is 1.86 bits per heavy atom. The SMILES string of the molecule is COC(=O)C1=C(C(=O)c2ccc(C)cc2)[C@H](c2ccccc2Cl)n2nnnc2N1. The van der Waals surface area contributed by atoms with E-state index in [9.17, 15) is 9.59 Å². The van der Waals surface area contributed by atoms with Gasteiger partial charge in [0.15, 0.2) is 5.78 Å². The van der Waals surface area contributed by atoms with Gasteiger partial charge in [-0.25, -0.2) is 4.79 Å². The number of rotatable bonds is 4. The number of aromatic nitrogens is 4. The van der Waals surface area contributed by atoms with Crippen LogP contribution in [0.25, 0.3) is 0 Å². The lowest BCUT2D eigenvalue weighted by molar-refractivity contribution is -0.136. The third-order valence-corrected chi connectivity index (χ3v) is 5.01. The molecule has 2 heterocycles. The summed E-state index contributed by atoms with van der Waals surface area (Å²) in [7, 11) is 1.24. The van der Waals surface area contributed by atoms with Crippen LogP contribution in [0, 0.1) is 6.92 Å². The van der Waals surface area contributed by atoms with Gasteiger partial charge >= 0.3 is 5.97 Å². The van der Waals surface area contributed by atoms with Crippen molar-refractivity contribution in [2.45, 2.75) is 13.0 Å². The van der Waals surface area contributed by atoms with Crippen LogP contribution in [0.4, 0.5) is 5.95 Å². The number of esters is 1. The quantitative estimate of drug-likeness (QED) is 0.522. The number of halogens is 1. The van der Waals surface area contributed by atoms with Crippen LogP contribution in [-0.4, -0.2) is 39.1 Å². The smallest absolute Gasteiger partial charge is 0.355 e. The molecule has 1 atom stereocenters. The van der Waals surface area contributed by atoms with Gasteiger partial charge in [-0.15, -0.1) is 0 Å². The maximum atomic E-state index is 13.5. The van der Waals surface area contributed by atoms with Crippen LogP contribution < -0.4 is 5.32 Å². The topological polar surface area (TPSA) is 99.0 Å². The predicted octanol–water partition coefficient (Wildman–Crippen LogP) is 2.96. The third-order valence-electron chi connectivity index (χ3n) is 4.66. The molecule has 2 aromatic carbocycles. The number of aryl methyl sites for hydroxylation is 1. The second-order valence-electron chi connectivity index (χ2n) is 6.47. The minimum absolute atomic E-state index is 0.0229. The first-order chi connectivity index (χ1) is 14.0. The van der Waals surface area contributed by atoms with E-state index in [-0.39, 0.29) is 23.0 Å². The van der Waals surface area contributed by atoms with Gasteiger partial charge in [-0.2, -0.15) is 4.68 Å². The molecule has 0 radical (unpaired) electrons. The first kappa shape index (κ1) is 18.8. The summed E-state index contributed by atoms with van der Waals surface area (Å²) in [6.45, 7) is 1.93. The summed E-state index contributed by atoms with van der Waals surface area (Å²) in [5.74, 6) is -0.855. The molecule has 8 nitrogen and oxygen atoms in total. The third kappa shape index (κ3) is 3.27. The number of nitrogens with one attached hydrogen (secondary N) is 1. The number of allylic oxidation sites excluding steroid dienone is 1. The molecular weight excluding hydrogens is 394 g/mol. The van der Waals surface area contributed by atoms with E-state index in [1.54, 1.807) is 36.4 Å². The fraction of sp³-hybridized carbons (Fsp3) is 0.150. The van der Waals surface area contributed by atoms with Crippen molar-refractivity contribution >= 4 is 29.3 Å². The average Bonchev–Trinajstić information content (AvgIpc) is 3.21. The highest BCUT2D eigenvalue weighted by molar-refractivity contribution is 6.31. The minimum Gasteiger partial charge on any atom is -0.464 e. The molecule has 9 heteroatoms. The summed E-state index contributed by atoms with van der Waals surface area (Å²) in [5.41, 5.74) is 2.14. The predicted molar refractivity (Wildman–Crippen MR) is 106 cm³/mol. The molecule has 0 bridgehead atoms. The zero-order chi connectivity index (χ0) is 20.5. The number of ketones is 1. The van der Waals surface area contributed by atoms with Crippen LogP contribution in [0.2, 0.25) is 5.02 Å². The Morgan fingerprint density at radius 3 is 2.55 bits per heavy atom. The normalized spacial score (nSPS) is 15.5. The van der Waals surface area contributed by atoms with Crippen LogP contribution in [0.15, 0.2) is 59.8 Å². The molecule has 3 aromatic rings. The van der Waals surface area contributed by atoms with E-state index in [1.165, 1.54) is 11.8 Å². The van der Waals surface area contributed by atoms with E-state index in [0.717, 1.165) is 5.56 Å². The van der Waals surface area contributed by atoms with E-state index in [1.807, 2.05) is 19.1 Å². The zero-order valence-electron chi connectivity index (χ0n) is 15.6. The first-order valence-electron chi connectivity index (χ1n) is 8.74. The zero-order valence-corrected chi connectivity index (χ0v) is 16.3. The summed E-state index contributed by atoms with van der Waals surface area (Å²) in [4.78, 5) is 26.1. The van der Waals surface area contributed by atoms with Crippen molar-refractivity contribution in [1.82, 2.24) is 20.2 Å². The Kier molecular flexibility index (Phi) is 4.85. The van der Waals surface area contributed by atoms with Gasteiger partial charge in [-0.05, 0) is 23.4 Å². The molecule has 4 rings (SSSR count). The van der Waals surface area contributed by atoms with Gasteiger partial charge in [0, 0.05) is 16.1 Å². The summed E-state index contributed by atoms with van der Waals surface area (Å²) in [6, 6.07) is 13.3. The summed E-state index contributed by atoms with van der Waals surface area (Å²) >= 11 is 6.44. The molecule has 29 heavy (non-hydrogen) atoms. The lowest BCUT2D eigenvalue weighted by atomic mass is 9.89. The molecule has 146 valence electrons. The van der Waals surface area contributed by atoms with E-state index in [0.29, 0.717) is 16.1 Å². The molecule has 0 aliphatic carbocycles. The number of ether oxygens (including phenoxy) is 1. The van der Waals surface area contributed by atoms with Crippen molar-refractivity contribution in [2.75, 3.05) is 12.4 Å². The van der Waals surface area contributed by atoms with Gasteiger partial charge in [-0.1, -0.05) is 64.7 Å². The van der Waals surface area contributed by atoms with Crippen LogP contribution in [0.3, 0.4) is 0 Å². The molecule has 0 amide bonds. The standard InChI is InChI=1S/C20H16ClN5O3/c1-11-7-9-12(10-8-11)18(27)15-16(19(28)29-2)22-20-23-24-25-26(20)17(15)13-5-3-4-6-14(13)21/h3-10,17H,1-2H3,(H,22,23,25)/t17-/m0/s1.